The molecule has 0 radical (unpaired) electrons. The molecule has 7 nitrogen and oxygen atoms in total. The average molecular weight is 428 g/mol. The van der Waals surface area contributed by atoms with E-state index in [2.05, 4.69) is 0 Å². The van der Waals surface area contributed by atoms with Crippen molar-refractivity contribution >= 4 is 21.8 Å². The van der Waals surface area contributed by atoms with Gasteiger partial charge in [-0.05, 0) is 30.5 Å². The van der Waals surface area contributed by atoms with Crippen molar-refractivity contribution in [3.8, 4) is 0 Å². The number of hydrogen-bond donors (Lipinski definition) is 0. The lowest BCUT2D eigenvalue weighted by molar-refractivity contribution is -0.158. The molecule has 158 valence electrons. The van der Waals surface area contributed by atoms with Crippen molar-refractivity contribution in [2.45, 2.75) is 30.3 Å². The van der Waals surface area contributed by atoms with E-state index in [-0.39, 0.29) is 10.9 Å². The van der Waals surface area contributed by atoms with Gasteiger partial charge in [-0.3, -0.25) is 9.59 Å². The van der Waals surface area contributed by atoms with Gasteiger partial charge in [-0.15, -0.1) is 0 Å². The predicted molar refractivity (Wildman–Crippen MR) is 112 cm³/mol. The maximum atomic E-state index is 12.8. The summed E-state index contributed by atoms with van der Waals surface area (Å²) in [5.41, 5.74) is 0.992. The zero-order chi connectivity index (χ0) is 21.1. The highest BCUT2D eigenvalue weighted by Gasteiger charge is 2.39. The van der Waals surface area contributed by atoms with Gasteiger partial charge in [-0.25, -0.2) is 8.42 Å². The van der Waals surface area contributed by atoms with Gasteiger partial charge in [0.1, 0.15) is 0 Å². The van der Waals surface area contributed by atoms with E-state index in [1.165, 1.54) is 4.31 Å². The Hall–Kier alpha value is -2.71. The zero-order valence-corrected chi connectivity index (χ0v) is 17.5. The second kappa shape index (κ2) is 8.57. The number of rotatable bonds is 5. The molecular weight excluding hydrogens is 402 g/mol. The van der Waals surface area contributed by atoms with Crippen LogP contribution >= 0.6 is 0 Å². The molecule has 0 aliphatic carbocycles. The number of carbonyl (C=O) groups is 2. The molecule has 0 spiro atoms. The number of hydrogen-bond acceptors (Lipinski definition) is 4. The Morgan fingerprint density at radius 2 is 1.37 bits per heavy atom. The molecule has 2 amide bonds. The first-order chi connectivity index (χ1) is 14.5. The highest BCUT2D eigenvalue weighted by atomic mass is 32.2. The molecular formula is C22H25N3O4S. The Morgan fingerprint density at radius 1 is 0.767 bits per heavy atom. The number of carbonyl (C=O) groups excluding carboxylic acids is 2. The number of benzene rings is 2. The van der Waals surface area contributed by atoms with Gasteiger partial charge in [0.2, 0.25) is 10.0 Å². The first-order valence-electron chi connectivity index (χ1n) is 10.2. The molecule has 2 fully saturated rings. The first kappa shape index (κ1) is 20.6. The standard InChI is InChI=1S/C22H25N3O4S/c26-21-22(27)25(16-15-23(21)17-18-7-3-1-4-8-18)19-11-13-24(14-12-19)30(28,29)20-9-5-2-6-10-20/h1-10,19H,11-17H2. The Balaban J connectivity index is 1.36. The van der Waals surface area contributed by atoms with E-state index < -0.39 is 21.8 Å². The van der Waals surface area contributed by atoms with Gasteiger partial charge in [0.15, 0.2) is 0 Å². The van der Waals surface area contributed by atoms with Crippen LogP contribution in [0.1, 0.15) is 18.4 Å². The highest BCUT2D eigenvalue weighted by Crippen LogP contribution is 2.24. The van der Waals surface area contributed by atoms with Crippen molar-refractivity contribution in [2.24, 2.45) is 0 Å². The van der Waals surface area contributed by atoms with Crippen molar-refractivity contribution in [1.82, 2.24) is 14.1 Å². The summed E-state index contributed by atoms with van der Waals surface area (Å²) in [4.78, 5) is 28.9. The average Bonchev–Trinajstić information content (AvgIpc) is 2.78. The van der Waals surface area contributed by atoms with E-state index in [1.807, 2.05) is 30.3 Å². The van der Waals surface area contributed by atoms with E-state index >= 15 is 0 Å². The topological polar surface area (TPSA) is 78.0 Å². The van der Waals surface area contributed by atoms with Gasteiger partial charge in [0.05, 0.1) is 4.90 Å². The van der Waals surface area contributed by atoms with Crippen LogP contribution in [0.2, 0.25) is 0 Å². The Labute approximate surface area is 176 Å². The largest absolute Gasteiger partial charge is 0.330 e. The minimum Gasteiger partial charge on any atom is -0.330 e. The fraction of sp³-hybridized carbons (Fsp3) is 0.364. The Morgan fingerprint density at radius 3 is 2.00 bits per heavy atom. The van der Waals surface area contributed by atoms with Crippen LogP contribution in [0, 0.1) is 0 Å². The maximum absolute atomic E-state index is 12.8. The fourth-order valence-electron chi connectivity index (χ4n) is 4.13. The van der Waals surface area contributed by atoms with Gasteiger partial charge in [-0.1, -0.05) is 48.5 Å². The van der Waals surface area contributed by atoms with Crippen LogP contribution < -0.4 is 0 Å². The predicted octanol–water partition coefficient (Wildman–Crippen LogP) is 1.71. The second-order valence-electron chi connectivity index (χ2n) is 7.66. The molecule has 0 atom stereocenters. The third-order valence-corrected chi connectivity index (χ3v) is 7.72. The summed E-state index contributed by atoms with van der Waals surface area (Å²) < 4.78 is 27.0. The lowest BCUT2D eigenvalue weighted by Crippen LogP contribution is -2.58. The molecule has 2 aromatic rings. The molecule has 2 aliphatic heterocycles. The van der Waals surface area contributed by atoms with Crippen LogP contribution in [-0.2, 0) is 26.2 Å². The van der Waals surface area contributed by atoms with Gasteiger partial charge >= 0.3 is 11.8 Å². The molecule has 0 aromatic heterocycles. The van der Waals surface area contributed by atoms with Crippen LogP contribution in [0.15, 0.2) is 65.6 Å². The molecule has 0 unspecified atom stereocenters. The summed E-state index contributed by atoms with van der Waals surface area (Å²) in [6, 6.07) is 17.9. The third-order valence-electron chi connectivity index (χ3n) is 5.80. The minimum atomic E-state index is -3.53. The molecule has 0 N–H and O–H groups in total. The van der Waals surface area contributed by atoms with Crippen LogP contribution in [0.4, 0.5) is 0 Å². The highest BCUT2D eigenvalue weighted by molar-refractivity contribution is 7.89. The lowest BCUT2D eigenvalue weighted by atomic mass is 10.0. The van der Waals surface area contributed by atoms with Crippen molar-refractivity contribution < 1.29 is 18.0 Å². The summed E-state index contributed by atoms with van der Waals surface area (Å²) in [7, 11) is -3.53. The van der Waals surface area contributed by atoms with Crippen LogP contribution in [0.5, 0.6) is 0 Å². The molecule has 2 heterocycles. The molecule has 4 rings (SSSR count). The number of piperidine rings is 1. The van der Waals surface area contributed by atoms with Gasteiger partial charge in [0, 0.05) is 38.8 Å². The maximum Gasteiger partial charge on any atom is 0.312 e. The molecule has 0 saturated carbocycles. The van der Waals surface area contributed by atoms with Crippen molar-refractivity contribution in [1.29, 1.82) is 0 Å². The van der Waals surface area contributed by atoms with E-state index in [9.17, 15) is 18.0 Å². The first-order valence-corrected chi connectivity index (χ1v) is 11.6. The number of amides is 2. The van der Waals surface area contributed by atoms with Crippen LogP contribution in [0.25, 0.3) is 0 Å². The van der Waals surface area contributed by atoms with E-state index in [4.69, 9.17) is 0 Å². The van der Waals surface area contributed by atoms with E-state index in [0.717, 1.165) is 5.56 Å². The summed E-state index contributed by atoms with van der Waals surface area (Å²) >= 11 is 0. The molecule has 30 heavy (non-hydrogen) atoms. The third kappa shape index (κ3) is 4.11. The monoisotopic (exact) mass is 427 g/mol. The zero-order valence-electron chi connectivity index (χ0n) is 16.7. The fourth-order valence-corrected chi connectivity index (χ4v) is 5.62. The molecule has 2 aromatic carbocycles. The van der Waals surface area contributed by atoms with Crippen molar-refractivity contribution in [2.75, 3.05) is 26.2 Å². The summed E-state index contributed by atoms with van der Waals surface area (Å²) in [5, 5.41) is 0. The van der Waals surface area contributed by atoms with Crippen molar-refractivity contribution in [3.63, 3.8) is 0 Å². The second-order valence-corrected chi connectivity index (χ2v) is 9.60. The van der Waals surface area contributed by atoms with Gasteiger partial charge < -0.3 is 9.80 Å². The lowest BCUT2D eigenvalue weighted by Gasteiger charge is -2.41. The quantitative estimate of drug-likeness (QED) is 0.681. The molecule has 2 saturated heterocycles. The summed E-state index contributed by atoms with van der Waals surface area (Å²) in [5.74, 6) is -0.967. The number of piperazine rings is 1. The Kier molecular flexibility index (Phi) is 5.87. The van der Waals surface area contributed by atoms with Crippen LogP contribution in [-0.4, -0.2) is 66.6 Å². The van der Waals surface area contributed by atoms with Crippen molar-refractivity contribution in [3.05, 3.63) is 66.2 Å². The molecule has 0 bridgehead atoms. The van der Waals surface area contributed by atoms with E-state index in [1.54, 1.807) is 40.1 Å². The Bertz CT molecular complexity index is 1000. The smallest absolute Gasteiger partial charge is 0.312 e. The molecule has 2 aliphatic rings. The van der Waals surface area contributed by atoms with Crippen LogP contribution in [0.3, 0.4) is 0 Å². The van der Waals surface area contributed by atoms with Gasteiger partial charge in [0.25, 0.3) is 0 Å². The normalized spacial score (nSPS) is 19.3. The number of sulfonamides is 1. The number of nitrogens with zero attached hydrogens (tertiary/aromatic N) is 3. The van der Waals surface area contributed by atoms with Gasteiger partial charge in [-0.2, -0.15) is 4.31 Å². The minimum absolute atomic E-state index is 0.109. The SMILES string of the molecule is O=C1C(=O)N(C2CCN(S(=O)(=O)c3ccccc3)CC2)CCN1Cc1ccccc1. The summed E-state index contributed by atoms with van der Waals surface area (Å²) in [6.07, 6.45) is 1.06. The van der Waals surface area contributed by atoms with E-state index in [0.29, 0.717) is 45.6 Å². The molecule has 8 heteroatoms. The summed E-state index contributed by atoms with van der Waals surface area (Å²) in [6.45, 7) is 2.07.